The van der Waals surface area contributed by atoms with Crippen LogP contribution in [0, 0.1) is 5.82 Å². The topological polar surface area (TPSA) is 83.1 Å². The van der Waals surface area contributed by atoms with Crippen LogP contribution in [0.1, 0.15) is 0 Å². The number of H-pyrrole nitrogens is 2. The highest BCUT2D eigenvalue weighted by Crippen LogP contribution is 2.41. The lowest BCUT2D eigenvalue weighted by Crippen LogP contribution is -1.96. The van der Waals surface area contributed by atoms with Crippen molar-refractivity contribution in [2.45, 2.75) is 0 Å². The zero-order chi connectivity index (χ0) is 18.2. The molecule has 0 aliphatic carbocycles. The molecular weight excluding hydrogens is 343 g/mol. The van der Waals surface area contributed by atoms with Gasteiger partial charge in [-0.3, -0.25) is 15.2 Å². The Morgan fingerprint density at radius 2 is 1.56 bits per heavy atom. The molecule has 6 nitrogen and oxygen atoms in total. The van der Waals surface area contributed by atoms with E-state index in [0.717, 1.165) is 39.0 Å². The van der Waals surface area contributed by atoms with Crippen molar-refractivity contribution in [3.05, 3.63) is 73.1 Å². The maximum Gasteiger partial charge on any atom is 0.156 e. The number of nitrogens with one attached hydrogen (secondary N) is 2. The number of halogens is 1. The number of hydrogen-bond acceptors (Lipinski definition) is 4. The molecule has 0 saturated heterocycles. The Bertz CT molecular complexity index is 1210. The minimum atomic E-state index is -0.291. The first kappa shape index (κ1) is 15.4. The molecule has 27 heavy (non-hydrogen) atoms. The summed E-state index contributed by atoms with van der Waals surface area (Å²) in [5.41, 5.74) is 5.81. The van der Waals surface area contributed by atoms with Crippen LogP contribution in [0.15, 0.2) is 67.3 Å². The highest BCUT2D eigenvalue weighted by atomic mass is 19.1. The summed E-state index contributed by atoms with van der Waals surface area (Å²) in [7, 11) is 0. The van der Waals surface area contributed by atoms with Crippen molar-refractivity contribution in [1.82, 2.24) is 30.4 Å². The monoisotopic (exact) mass is 356 g/mol. The normalized spacial score (nSPS) is 11.1. The number of rotatable bonds is 3. The first-order valence-corrected chi connectivity index (χ1v) is 8.34. The van der Waals surface area contributed by atoms with Crippen LogP contribution in [0.3, 0.4) is 0 Å². The van der Waals surface area contributed by atoms with E-state index in [1.54, 1.807) is 36.9 Å². The molecule has 0 saturated carbocycles. The van der Waals surface area contributed by atoms with Crippen molar-refractivity contribution in [3.63, 3.8) is 0 Å². The molecule has 0 aliphatic heterocycles. The third-order valence-electron chi connectivity index (χ3n) is 4.46. The Labute approximate surface area is 153 Å². The molecule has 4 heterocycles. The van der Waals surface area contributed by atoms with Gasteiger partial charge in [0.15, 0.2) is 5.65 Å². The fourth-order valence-corrected chi connectivity index (χ4v) is 3.26. The summed E-state index contributed by atoms with van der Waals surface area (Å²) in [6, 6.07) is 12.1. The van der Waals surface area contributed by atoms with Crippen LogP contribution in [-0.2, 0) is 0 Å². The Kier molecular flexibility index (Phi) is 3.50. The van der Waals surface area contributed by atoms with Crippen LogP contribution in [0.4, 0.5) is 4.39 Å². The lowest BCUT2D eigenvalue weighted by atomic mass is 9.92. The third kappa shape index (κ3) is 2.56. The van der Waals surface area contributed by atoms with E-state index < -0.39 is 0 Å². The summed E-state index contributed by atoms with van der Waals surface area (Å²) in [4.78, 5) is 8.91. The van der Waals surface area contributed by atoms with Gasteiger partial charge in [-0.15, -0.1) is 0 Å². The van der Waals surface area contributed by atoms with Gasteiger partial charge in [0.1, 0.15) is 5.82 Å². The standard InChI is InChI=1S/C20H13FN6/c21-14-3-1-13(2-4-14)19-17(12-5-8-22-9-6-12)18(16-7-10-23-26-16)15-11-24-27-20(15)25-19/h1-11H,(H,23,26)(H,24,25,27). The molecule has 2 N–H and O–H groups in total. The van der Waals surface area contributed by atoms with Gasteiger partial charge in [-0.1, -0.05) is 0 Å². The maximum absolute atomic E-state index is 13.5. The van der Waals surface area contributed by atoms with Crippen molar-refractivity contribution in [1.29, 1.82) is 0 Å². The molecule has 4 aromatic heterocycles. The zero-order valence-electron chi connectivity index (χ0n) is 14.0. The lowest BCUT2D eigenvalue weighted by Gasteiger charge is -2.15. The van der Waals surface area contributed by atoms with E-state index in [1.165, 1.54) is 12.1 Å². The number of nitrogens with zero attached hydrogens (tertiary/aromatic N) is 4. The average molecular weight is 356 g/mol. The third-order valence-corrected chi connectivity index (χ3v) is 4.46. The summed E-state index contributed by atoms with van der Waals surface area (Å²) in [6.07, 6.45) is 6.92. The fraction of sp³-hybridized carbons (Fsp3) is 0. The van der Waals surface area contributed by atoms with Crippen molar-refractivity contribution < 1.29 is 4.39 Å². The van der Waals surface area contributed by atoms with E-state index in [9.17, 15) is 4.39 Å². The first-order chi connectivity index (χ1) is 13.3. The van der Waals surface area contributed by atoms with E-state index in [4.69, 9.17) is 4.98 Å². The molecule has 5 aromatic rings. The van der Waals surface area contributed by atoms with E-state index in [1.807, 2.05) is 18.2 Å². The number of benzene rings is 1. The number of pyridine rings is 2. The summed E-state index contributed by atoms with van der Waals surface area (Å²) in [5, 5.41) is 15.1. The highest BCUT2D eigenvalue weighted by molar-refractivity contribution is 6.05. The molecule has 5 rings (SSSR count). The van der Waals surface area contributed by atoms with Crippen molar-refractivity contribution in [2.24, 2.45) is 0 Å². The number of hydrogen-bond donors (Lipinski definition) is 2. The first-order valence-electron chi connectivity index (χ1n) is 8.34. The molecule has 1 aromatic carbocycles. The van der Waals surface area contributed by atoms with Crippen molar-refractivity contribution >= 4 is 11.0 Å². The molecule has 0 radical (unpaired) electrons. The second kappa shape index (κ2) is 6.14. The van der Waals surface area contributed by atoms with Crippen LogP contribution in [0.5, 0.6) is 0 Å². The highest BCUT2D eigenvalue weighted by Gasteiger charge is 2.21. The van der Waals surface area contributed by atoms with E-state index in [2.05, 4.69) is 25.4 Å². The molecule has 0 atom stereocenters. The maximum atomic E-state index is 13.5. The Balaban J connectivity index is 1.93. The van der Waals surface area contributed by atoms with Gasteiger partial charge >= 0.3 is 0 Å². The number of fused-ring (bicyclic) bond motifs is 1. The quantitative estimate of drug-likeness (QED) is 0.507. The summed E-state index contributed by atoms with van der Waals surface area (Å²) in [5.74, 6) is -0.291. The van der Waals surface area contributed by atoms with Gasteiger partial charge in [-0.25, -0.2) is 9.37 Å². The number of aromatic amines is 2. The van der Waals surface area contributed by atoms with Gasteiger partial charge in [0.25, 0.3) is 0 Å². The van der Waals surface area contributed by atoms with Crippen molar-refractivity contribution in [3.8, 4) is 33.6 Å². The summed E-state index contributed by atoms with van der Waals surface area (Å²) in [6.45, 7) is 0. The van der Waals surface area contributed by atoms with Gasteiger partial charge < -0.3 is 0 Å². The van der Waals surface area contributed by atoms with Gasteiger partial charge in [-0.05, 0) is 48.0 Å². The summed E-state index contributed by atoms with van der Waals surface area (Å²) < 4.78 is 13.5. The fourth-order valence-electron chi connectivity index (χ4n) is 3.26. The van der Waals surface area contributed by atoms with E-state index in [-0.39, 0.29) is 5.82 Å². The number of aromatic nitrogens is 6. The van der Waals surface area contributed by atoms with Crippen LogP contribution in [0.25, 0.3) is 44.7 Å². The van der Waals surface area contributed by atoms with Gasteiger partial charge in [-0.2, -0.15) is 10.2 Å². The lowest BCUT2D eigenvalue weighted by molar-refractivity contribution is 0.628. The van der Waals surface area contributed by atoms with Crippen LogP contribution >= 0.6 is 0 Å². The Hall–Kier alpha value is -3.87. The Morgan fingerprint density at radius 1 is 0.741 bits per heavy atom. The molecule has 130 valence electrons. The molecule has 0 bridgehead atoms. The molecular formula is C20H13FN6. The second-order valence-corrected chi connectivity index (χ2v) is 6.06. The zero-order valence-corrected chi connectivity index (χ0v) is 14.0. The largest absolute Gasteiger partial charge is 0.278 e. The predicted octanol–water partition coefficient (Wildman–Crippen LogP) is 4.22. The predicted molar refractivity (Wildman–Crippen MR) is 100 cm³/mol. The second-order valence-electron chi connectivity index (χ2n) is 6.06. The Morgan fingerprint density at radius 3 is 2.30 bits per heavy atom. The molecule has 0 aliphatic rings. The molecule has 7 heteroatoms. The van der Waals surface area contributed by atoms with Gasteiger partial charge in [0.2, 0.25) is 0 Å². The minimum absolute atomic E-state index is 0.291. The van der Waals surface area contributed by atoms with E-state index >= 15 is 0 Å². The van der Waals surface area contributed by atoms with Crippen LogP contribution in [0.2, 0.25) is 0 Å². The molecule has 0 unspecified atom stereocenters. The SMILES string of the molecule is Fc1ccc(-c2nc3[nH]ncc3c(-c3ccn[nH]3)c2-c2ccncc2)cc1. The van der Waals surface area contributed by atoms with Gasteiger partial charge in [0, 0.05) is 40.7 Å². The van der Waals surface area contributed by atoms with Crippen molar-refractivity contribution in [2.75, 3.05) is 0 Å². The average Bonchev–Trinajstić information content (AvgIpc) is 3.40. The van der Waals surface area contributed by atoms with Crippen LogP contribution in [-0.4, -0.2) is 30.4 Å². The van der Waals surface area contributed by atoms with Gasteiger partial charge in [0.05, 0.1) is 17.6 Å². The van der Waals surface area contributed by atoms with Crippen LogP contribution < -0.4 is 0 Å². The molecule has 0 fully saturated rings. The molecule has 0 spiro atoms. The smallest absolute Gasteiger partial charge is 0.156 e. The van der Waals surface area contributed by atoms with E-state index in [0.29, 0.717) is 5.65 Å². The molecule has 0 amide bonds. The summed E-state index contributed by atoms with van der Waals surface area (Å²) >= 11 is 0. The minimum Gasteiger partial charge on any atom is -0.278 e.